The second-order valence-corrected chi connectivity index (χ2v) is 5.74. The molecule has 0 bridgehead atoms. The maximum atomic E-state index is 12.7. The number of carbonyl (C=O) groups excluding carboxylic acids is 2. The van der Waals surface area contributed by atoms with Gasteiger partial charge in [-0.25, -0.2) is 4.79 Å². The lowest BCUT2D eigenvalue weighted by Crippen LogP contribution is -2.40. The first-order valence-corrected chi connectivity index (χ1v) is 8.25. The van der Waals surface area contributed by atoms with Gasteiger partial charge in [0.2, 0.25) is 0 Å². The summed E-state index contributed by atoms with van der Waals surface area (Å²) in [7, 11) is 0. The molecule has 0 spiro atoms. The number of anilines is 1. The highest BCUT2D eigenvalue weighted by Crippen LogP contribution is 2.18. The number of H-pyrrole nitrogens is 1. The Hall–Kier alpha value is -3.08. The standard InChI is InChI=1S/C20H20N2O3/c1-3-22(16-10-5-4-6-11-16)19(23)14(2)25-20(24)18-13-15-9-7-8-12-17(15)21-18/h4-14,21H,3H2,1-2H3/t14-/m1/s1. The highest BCUT2D eigenvalue weighted by Gasteiger charge is 2.25. The number of para-hydroxylation sites is 2. The predicted molar refractivity (Wildman–Crippen MR) is 97.6 cm³/mol. The van der Waals surface area contributed by atoms with Crippen molar-refractivity contribution in [1.29, 1.82) is 0 Å². The number of fused-ring (bicyclic) bond motifs is 1. The number of esters is 1. The van der Waals surface area contributed by atoms with Crippen molar-refractivity contribution in [3.05, 3.63) is 66.4 Å². The smallest absolute Gasteiger partial charge is 0.355 e. The van der Waals surface area contributed by atoms with E-state index in [9.17, 15) is 9.59 Å². The number of hydrogen-bond acceptors (Lipinski definition) is 3. The minimum Gasteiger partial charge on any atom is -0.448 e. The van der Waals surface area contributed by atoms with E-state index in [0.29, 0.717) is 12.2 Å². The van der Waals surface area contributed by atoms with E-state index in [-0.39, 0.29) is 5.91 Å². The highest BCUT2D eigenvalue weighted by molar-refractivity contribution is 6.00. The summed E-state index contributed by atoms with van der Waals surface area (Å²) in [6.07, 6.45) is -0.876. The molecule has 2 aromatic carbocycles. The van der Waals surface area contributed by atoms with Crippen molar-refractivity contribution >= 4 is 28.5 Å². The van der Waals surface area contributed by atoms with Crippen LogP contribution in [0.2, 0.25) is 0 Å². The van der Waals surface area contributed by atoms with Gasteiger partial charge in [0.25, 0.3) is 5.91 Å². The summed E-state index contributed by atoms with van der Waals surface area (Å²) >= 11 is 0. The number of ether oxygens (including phenoxy) is 1. The van der Waals surface area contributed by atoms with Crippen LogP contribution >= 0.6 is 0 Å². The fraction of sp³-hybridized carbons (Fsp3) is 0.200. The second-order valence-electron chi connectivity index (χ2n) is 5.74. The van der Waals surface area contributed by atoms with Crippen molar-refractivity contribution in [2.24, 2.45) is 0 Å². The number of nitrogens with one attached hydrogen (secondary N) is 1. The maximum absolute atomic E-state index is 12.7. The van der Waals surface area contributed by atoms with Crippen LogP contribution in [0.25, 0.3) is 10.9 Å². The summed E-state index contributed by atoms with van der Waals surface area (Å²) in [5.41, 5.74) is 1.97. The molecule has 1 amide bonds. The van der Waals surface area contributed by atoms with E-state index in [1.165, 1.54) is 0 Å². The molecule has 1 N–H and O–H groups in total. The van der Waals surface area contributed by atoms with Gasteiger partial charge in [-0.15, -0.1) is 0 Å². The van der Waals surface area contributed by atoms with Crippen LogP contribution in [0.4, 0.5) is 5.69 Å². The molecule has 3 rings (SSSR count). The molecule has 1 atom stereocenters. The maximum Gasteiger partial charge on any atom is 0.355 e. The summed E-state index contributed by atoms with van der Waals surface area (Å²) in [5.74, 6) is -0.792. The molecule has 0 aliphatic heterocycles. The van der Waals surface area contributed by atoms with Gasteiger partial charge in [-0.2, -0.15) is 0 Å². The number of benzene rings is 2. The van der Waals surface area contributed by atoms with Crippen molar-refractivity contribution in [2.75, 3.05) is 11.4 Å². The van der Waals surface area contributed by atoms with Crippen LogP contribution in [0.5, 0.6) is 0 Å². The van der Waals surface area contributed by atoms with E-state index in [1.54, 1.807) is 17.9 Å². The largest absolute Gasteiger partial charge is 0.448 e. The number of nitrogens with zero attached hydrogens (tertiary/aromatic N) is 1. The Morgan fingerprint density at radius 3 is 2.44 bits per heavy atom. The van der Waals surface area contributed by atoms with E-state index >= 15 is 0 Å². The third-order valence-corrected chi connectivity index (χ3v) is 4.03. The molecular formula is C20H20N2O3. The second kappa shape index (κ2) is 7.21. The normalized spacial score (nSPS) is 11.9. The van der Waals surface area contributed by atoms with Gasteiger partial charge in [0.1, 0.15) is 5.69 Å². The number of carbonyl (C=O) groups is 2. The fourth-order valence-corrected chi connectivity index (χ4v) is 2.75. The lowest BCUT2D eigenvalue weighted by Gasteiger charge is -2.24. The van der Waals surface area contributed by atoms with Crippen molar-refractivity contribution in [1.82, 2.24) is 4.98 Å². The third-order valence-electron chi connectivity index (χ3n) is 4.03. The van der Waals surface area contributed by atoms with Gasteiger partial charge >= 0.3 is 5.97 Å². The number of hydrogen-bond donors (Lipinski definition) is 1. The first-order chi connectivity index (χ1) is 12.1. The summed E-state index contributed by atoms with van der Waals surface area (Å²) in [6, 6.07) is 18.6. The molecule has 0 radical (unpaired) electrons. The summed E-state index contributed by atoms with van der Waals surface area (Å²) in [6.45, 7) is 3.97. The highest BCUT2D eigenvalue weighted by atomic mass is 16.5. The van der Waals surface area contributed by atoms with Crippen LogP contribution in [0.3, 0.4) is 0 Å². The first kappa shape index (κ1) is 16.8. The topological polar surface area (TPSA) is 62.4 Å². The number of aromatic nitrogens is 1. The molecule has 3 aromatic rings. The third kappa shape index (κ3) is 3.55. The van der Waals surface area contributed by atoms with E-state index in [0.717, 1.165) is 16.6 Å². The van der Waals surface area contributed by atoms with Crippen molar-refractivity contribution < 1.29 is 14.3 Å². The van der Waals surface area contributed by atoms with Gasteiger partial charge in [0.05, 0.1) is 0 Å². The minimum absolute atomic E-state index is 0.252. The SMILES string of the molecule is CCN(C(=O)[C@@H](C)OC(=O)c1cc2ccccc2[nH]1)c1ccccc1. The predicted octanol–water partition coefficient (Wildman–Crippen LogP) is 3.77. The van der Waals surface area contributed by atoms with Gasteiger partial charge in [-0.3, -0.25) is 4.79 Å². The quantitative estimate of drug-likeness (QED) is 0.722. The minimum atomic E-state index is -0.876. The Morgan fingerprint density at radius 2 is 1.76 bits per heavy atom. The molecule has 1 heterocycles. The van der Waals surface area contributed by atoms with Gasteiger partial charge in [0.15, 0.2) is 6.10 Å². The summed E-state index contributed by atoms with van der Waals surface area (Å²) in [4.78, 5) is 29.6. The van der Waals surface area contributed by atoms with Crippen LogP contribution < -0.4 is 4.90 Å². The number of amides is 1. The monoisotopic (exact) mass is 336 g/mol. The Morgan fingerprint density at radius 1 is 1.08 bits per heavy atom. The van der Waals surface area contributed by atoms with Gasteiger partial charge in [-0.1, -0.05) is 36.4 Å². The zero-order chi connectivity index (χ0) is 17.8. The lowest BCUT2D eigenvalue weighted by molar-refractivity contribution is -0.126. The van der Waals surface area contributed by atoms with E-state index in [2.05, 4.69) is 4.98 Å². The average Bonchev–Trinajstić information content (AvgIpc) is 3.07. The van der Waals surface area contributed by atoms with E-state index < -0.39 is 12.1 Å². The Balaban J connectivity index is 1.73. The zero-order valence-electron chi connectivity index (χ0n) is 14.2. The molecule has 1 aromatic heterocycles. The van der Waals surface area contributed by atoms with Gasteiger partial charge < -0.3 is 14.6 Å². The Kier molecular flexibility index (Phi) is 4.84. The first-order valence-electron chi connectivity index (χ1n) is 8.25. The molecular weight excluding hydrogens is 316 g/mol. The van der Waals surface area contributed by atoms with Crippen LogP contribution in [0, 0.1) is 0 Å². The summed E-state index contributed by atoms with van der Waals surface area (Å²) < 4.78 is 5.37. The molecule has 128 valence electrons. The van der Waals surface area contributed by atoms with Gasteiger partial charge in [0, 0.05) is 23.1 Å². The van der Waals surface area contributed by atoms with Crippen LogP contribution in [-0.4, -0.2) is 29.5 Å². The lowest BCUT2D eigenvalue weighted by atomic mass is 10.2. The van der Waals surface area contributed by atoms with Crippen LogP contribution in [-0.2, 0) is 9.53 Å². The van der Waals surface area contributed by atoms with E-state index in [1.807, 2.05) is 61.5 Å². The molecule has 5 nitrogen and oxygen atoms in total. The molecule has 0 aliphatic carbocycles. The summed E-state index contributed by atoms with van der Waals surface area (Å²) in [5, 5.41) is 0.924. The molecule has 5 heteroatoms. The Labute approximate surface area is 146 Å². The molecule has 0 aliphatic rings. The number of aromatic amines is 1. The fourth-order valence-electron chi connectivity index (χ4n) is 2.75. The molecule has 0 unspecified atom stereocenters. The van der Waals surface area contributed by atoms with Gasteiger partial charge in [-0.05, 0) is 38.1 Å². The number of rotatable bonds is 5. The molecule has 0 saturated carbocycles. The molecule has 25 heavy (non-hydrogen) atoms. The number of likely N-dealkylation sites (N-methyl/N-ethyl adjacent to an activating group) is 1. The molecule has 0 saturated heterocycles. The zero-order valence-corrected chi connectivity index (χ0v) is 14.2. The van der Waals surface area contributed by atoms with Crippen molar-refractivity contribution in [2.45, 2.75) is 20.0 Å². The molecule has 0 fully saturated rings. The van der Waals surface area contributed by atoms with Crippen molar-refractivity contribution in [3.63, 3.8) is 0 Å². The van der Waals surface area contributed by atoms with Crippen LogP contribution in [0.1, 0.15) is 24.3 Å². The van der Waals surface area contributed by atoms with Crippen LogP contribution in [0.15, 0.2) is 60.7 Å². The average molecular weight is 336 g/mol. The Bertz CT molecular complexity index is 853. The van der Waals surface area contributed by atoms with E-state index in [4.69, 9.17) is 4.74 Å². The van der Waals surface area contributed by atoms with Crippen molar-refractivity contribution in [3.8, 4) is 0 Å².